The molecule has 5 rings (SSSR count). The van der Waals surface area contributed by atoms with Crippen LogP contribution in [0.15, 0.2) is 47.4 Å². The minimum absolute atomic E-state index is 0.260. The van der Waals surface area contributed by atoms with Crippen LogP contribution in [0.4, 0.5) is 17.3 Å². The van der Waals surface area contributed by atoms with Crippen LogP contribution < -0.4 is 20.5 Å². The number of piperazine rings is 1. The van der Waals surface area contributed by atoms with E-state index in [-0.39, 0.29) is 5.56 Å². The molecule has 1 saturated heterocycles. The smallest absolute Gasteiger partial charge is 0.257 e. The summed E-state index contributed by atoms with van der Waals surface area (Å²) in [7, 11) is 3.73. The number of aromatic amines is 1. The van der Waals surface area contributed by atoms with Crippen molar-refractivity contribution in [2.45, 2.75) is 13.8 Å². The number of aryl methyl sites for hydroxylation is 2. The highest BCUT2D eigenvalue weighted by atomic mass is 35.5. The number of ether oxygens (including phenoxy) is 1. The van der Waals surface area contributed by atoms with Crippen molar-refractivity contribution in [3.63, 3.8) is 0 Å². The number of hydrogen-bond acceptors (Lipinski definition) is 7. The summed E-state index contributed by atoms with van der Waals surface area (Å²) in [6.45, 7) is 8.17. The molecule has 9 heteroatoms. The van der Waals surface area contributed by atoms with Crippen LogP contribution in [-0.4, -0.2) is 60.2 Å². The fraction of sp³-hybridized carbons (Fsp3) is 0.296. The van der Waals surface area contributed by atoms with Crippen molar-refractivity contribution in [1.82, 2.24) is 19.9 Å². The van der Waals surface area contributed by atoms with Crippen LogP contribution in [0.2, 0.25) is 5.02 Å². The van der Waals surface area contributed by atoms with Crippen LogP contribution in [0, 0.1) is 13.8 Å². The van der Waals surface area contributed by atoms with Crippen molar-refractivity contribution in [3.05, 3.63) is 69.1 Å². The molecule has 36 heavy (non-hydrogen) atoms. The van der Waals surface area contributed by atoms with Crippen molar-refractivity contribution in [2.75, 3.05) is 50.6 Å². The first-order chi connectivity index (χ1) is 17.3. The first-order valence-corrected chi connectivity index (χ1v) is 12.3. The summed E-state index contributed by atoms with van der Waals surface area (Å²) in [4.78, 5) is 29.8. The van der Waals surface area contributed by atoms with Gasteiger partial charge in [-0.3, -0.25) is 4.79 Å². The number of methoxy groups -OCH3 is 1. The molecule has 0 radical (unpaired) electrons. The number of likely N-dealkylation sites (N-methyl/N-ethyl adjacent to an activating group) is 1. The molecule has 0 spiro atoms. The lowest BCUT2D eigenvalue weighted by atomic mass is 10.00. The monoisotopic (exact) mass is 504 g/mol. The number of nitrogens with one attached hydrogen (secondary N) is 2. The minimum Gasteiger partial charge on any atom is -0.497 e. The van der Waals surface area contributed by atoms with Gasteiger partial charge in [-0.05, 0) is 68.4 Å². The highest BCUT2D eigenvalue weighted by Crippen LogP contribution is 2.33. The van der Waals surface area contributed by atoms with E-state index in [0.717, 1.165) is 42.8 Å². The van der Waals surface area contributed by atoms with Gasteiger partial charge in [-0.1, -0.05) is 11.6 Å². The standard InChI is InChI=1S/C27H29ClN6O2/c1-16-13-18(5-8-23(16)34-11-9-33(3)10-12-34)30-27-29-15-21-17(2)24(26(35)31-25(21)32-27)20-7-6-19(36-4)14-22(20)28/h5-8,13-15H,9-12H2,1-4H3,(H2,29,30,31,32,35). The van der Waals surface area contributed by atoms with Crippen LogP contribution in [0.3, 0.4) is 0 Å². The Morgan fingerprint density at radius 3 is 2.56 bits per heavy atom. The highest BCUT2D eigenvalue weighted by Gasteiger charge is 2.18. The summed E-state index contributed by atoms with van der Waals surface area (Å²) in [5.74, 6) is 1.05. The van der Waals surface area contributed by atoms with E-state index in [0.29, 0.717) is 33.5 Å². The molecule has 1 fully saturated rings. The number of benzene rings is 2. The number of halogens is 1. The van der Waals surface area contributed by atoms with E-state index in [1.807, 2.05) is 13.0 Å². The lowest BCUT2D eigenvalue weighted by molar-refractivity contribution is 0.312. The Hall–Kier alpha value is -3.62. The fourth-order valence-electron chi connectivity index (χ4n) is 4.70. The van der Waals surface area contributed by atoms with Crippen molar-refractivity contribution in [3.8, 4) is 16.9 Å². The van der Waals surface area contributed by atoms with Gasteiger partial charge in [-0.25, -0.2) is 4.98 Å². The summed E-state index contributed by atoms with van der Waals surface area (Å²) in [6.07, 6.45) is 1.72. The number of pyridine rings is 1. The van der Waals surface area contributed by atoms with Crippen LogP contribution in [0.5, 0.6) is 5.75 Å². The van der Waals surface area contributed by atoms with E-state index in [1.165, 1.54) is 11.3 Å². The third-order valence-corrected chi connectivity index (χ3v) is 7.08. The first kappa shape index (κ1) is 24.1. The molecule has 8 nitrogen and oxygen atoms in total. The first-order valence-electron chi connectivity index (χ1n) is 11.9. The van der Waals surface area contributed by atoms with E-state index < -0.39 is 0 Å². The molecule has 2 aromatic heterocycles. The molecule has 2 aromatic carbocycles. The van der Waals surface area contributed by atoms with Crippen molar-refractivity contribution in [2.24, 2.45) is 0 Å². The molecule has 0 saturated carbocycles. The normalized spacial score (nSPS) is 14.3. The van der Waals surface area contributed by atoms with Gasteiger partial charge in [0.15, 0.2) is 0 Å². The Bertz CT molecular complexity index is 1490. The van der Waals surface area contributed by atoms with Crippen LogP contribution in [0.1, 0.15) is 11.1 Å². The largest absolute Gasteiger partial charge is 0.497 e. The molecule has 4 aromatic rings. The van der Waals surface area contributed by atoms with Gasteiger partial charge < -0.3 is 24.8 Å². The molecular weight excluding hydrogens is 476 g/mol. The summed E-state index contributed by atoms with van der Waals surface area (Å²) < 4.78 is 5.23. The molecule has 0 bridgehead atoms. The van der Waals surface area contributed by atoms with E-state index >= 15 is 0 Å². The van der Waals surface area contributed by atoms with Crippen LogP contribution >= 0.6 is 11.6 Å². The molecule has 186 valence electrons. The number of nitrogens with zero attached hydrogens (tertiary/aromatic N) is 4. The number of hydrogen-bond donors (Lipinski definition) is 2. The summed E-state index contributed by atoms with van der Waals surface area (Å²) in [6, 6.07) is 11.5. The third kappa shape index (κ3) is 4.62. The van der Waals surface area contributed by atoms with E-state index in [9.17, 15) is 4.79 Å². The van der Waals surface area contributed by atoms with Gasteiger partial charge in [0.2, 0.25) is 5.95 Å². The molecular formula is C27H29ClN6O2. The summed E-state index contributed by atoms with van der Waals surface area (Å²) in [5.41, 5.74) is 5.43. The minimum atomic E-state index is -0.260. The van der Waals surface area contributed by atoms with E-state index in [4.69, 9.17) is 16.3 Å². The fourth-order valence-corrected chi connectivity index (χ4v) is 4.97. The van der Waals surface area contributed by atoms with E-state index in [1.54, 1.807) is 31.5 Å². The number of fused-ring (bicyclic) bond motifs is 1. The second kappa shape index (κ2) is 9.79. The molecule has 1 aliphatic rings. The predicted octanol–water partition coefficient (Wildman–Crippen LogP) is 4.76. The highest BCUT2D eigenvalue weighted by molar-refractivity contribution is 6.33. The molecule has 3 heterocycles. The van der Waals surface area contributed by atoms with Gasteiger partial charge in [0.1, 0.15) is 11.4 Å². The quantitative estimate of drug-likeness (QED) is 0.405. The van der Waals surface area contributed by atoms with Crippen LogP contribution in [-0.2, 0) is 0 Å². The van der Waals surface area contributed by atoms with Gasteiger partial charge in [0.05, 0.1) is 17.7 Å². The average molecular weight is 505 g/mol. The van der Waals surface area contributed by atoms with Gasteiger partial charge in [-0.15, -0.1) is 0 Å². The zero-order valence-electron chi connectivity index (χ0n) is 20.9. The Morgan fingerprint density at radius 2 is 1.86 bits per heavy atom. The summed E-state index contributed by atoms with van der Waals surface area (Å²) >= 11 is 6.45. The van der Waals surface area contributed by atoms with Gasteiger partial charge >= 0.3 is 0 Å². The van der Waals surface area contributed by atoms with Gasteiger partial charge in [-0.2, -0.15) is 4.98 Å². The molecule has 0 unspecified atom stereocenters. The maximum atomic E-state index is 13.0. The Morgan fingerprint density at radius 1 is 1.08 bits per heavy atom. The molecule has 1 aliphatic heterocycles. The third-order valence-electron chi connectivity index (χ3n) is 6.77. The lowest BCUT2D eigenvalue weighted by Crippen LogP contribution is -2.44. The van der Waals surface area contributed by atoms with E-state index in [2.05, 4.69) is 56.2 Å². The Balaban J connectivity index is 1.43. The molecule has 0 atom stereocenters. The van der Waals surface area contributed by atoms with Crippen molar-refractivity contribution < 1.29 is 4.74 Å². The zero-order chi connectivity index (χ0) is 25.4. The number of anilines is 3. The van der Waals surface area contributed by atoms with Crippen molar-refractivity contribution >= 4 is 40.0 Å². The van der Waals surface area contributed by atoms with Crippen molar-refractivity contribution in [1.29, 1.82) is 0 Å². The Labute approximate surface area is 214 Å². The zero-order valence-corrected chi connectivity index (χ0v) is 21.6. The maximum absolute atomic E-state index is 13.0. The van der Waals surface area contributed by atoms with Gasteiger partial charge in [0, 0.05) is 54.7 Å². The molecule has 0 amide bonds. The lowest BCUT2D eigenvalue weighted by Gasteiger charge is -2.35. The summed E-state index contributed by atoms with van der Waals surface area (Å²) in [5, 5.41) is 4.47. The second-order valence-electron chi connectivity index (χ2n) is 9.17. The maximum Gasteiger partial charge on any atom is 0.257 e. The van der Waals surface area contributed by atoms with Crippen LogP contribution in [0.25, 0.3) is 22.2 Å². The topological polar surface area (TPSA) is 86.4 Å². The average Bonchev–Trinajstić information content (AvgIpc) is 2.85. The SMILES string of the molecule is COc1ccc(-c2c(C)c3cnc(Nc4ccc(N5CCN(C)CC5)c(C)c4)nc3[nH]c2=O)c(Cl)c1. The number of H-pyrrole nitrogens is 1. The molecule has 2 N–H and O–H groups in total. The second-order valence-corrected chi connectivity index (χ2v) is 9.58. The molecule has 0 aliphatic carbocycles. The van der Waals surface area contributed by atoms with Gasteiger partial charge in [0.25, 0.3) is 5.56 Å². The number of rotatable bonds is 5. The predicted molar refractivity (Wildman–Crippen MR) is 146 cm³/mol. The number of aromatic nitrogens is 3. The Kier molecular flexibility index (Phi) is 6.55.